The molecule has 100 valence electrons. The summed E-state index contributed by atoms with van der Waals surface area (Å²) in [5.41, 5.74) is 6.51. The molecule has 1 aromatic carbocycles. The first-order chi connectivity index (χ1) is 8.67. The molecule has 5 heteroatoms. The Labute approximate surface area is 107 Å². The monoisotopic (exact) mass is 252 g/mol. The largest absolute Gasteiger partial charge is 0.481 e. The van der Waals surface area contributed by atoms with Crippen molar-refractivity contribution >= 4 is 5.91 Å². The fourth-order valence-corrected chi connectivity index (χ4v) is 1.42. The summed E-state index contributed by atoms with van der Waals surface area (Å²) in [5.74, 6) is 0.484. The first kappa shape index (κ1) is 14.5. The van der Waals surface area contributed by atoms with Crippen LogP contribution in [-0.2, 0) is 16.1 Å². The molecular formula is C13H20N2O3. The van der Waals surface area contributed by atoms with E-state index in [0.717, 1.165) is 5.56 Å². The lowest BCUT2D eigenvalue weighted by Crippen LogP contribution is -2.37. The molecule has 18 heavy (non-hydrogen) atoms. The van der Waals surface area contributed by atoms with Crippen LogP contribution in [0.15, 0.2) is 24.3 Å². The van der Waals surface area contributed by atoms with Crippen LogP contribution in [-0.4, -0.2) is 32.3 Å². The normalized spacial score (nSPS) is 11.9. The average molecular weight is 252 g/mol. The summed E-state index contributed by atoms with van der Waals surface area (Å²) in [6.07, 6.45) is -0.546. The molecule has 1 aromatic rings. The number of ether oxygens (including phenoxy) is 2. The van der Waals surface area contributed by atoms with Gasteiger partial charge in [-0.2, -0.15) is 0 Å². The van der Waals surface area contributed by atoms with Crippen LogP contribution in [0.3, 0.4) is 0 Å². The molecule has 1 atom stereocenters. The molecule has 5 nitrogen and oxygen atoms in total. The maximum absolute atomic E-state index is 11.7. The van der Waals surface area contributed by atoms with Crippen molar-refractivity contribution in [2.24, 2.45) is 5.73 Å². The van der Waals surface area contributed by atoms with Gasteiger partial charge >= 0.3 is 0 Å². The van der Waals surface area contributed by atoms with E-state index in [1.807, 2.05) is 18.2 Å². The van der Waals surface area contributed by atoms with Crippen molar-refractivity contribution in [2.75, 3.05) is 20.3 Å². The van der Waals surface area contributed by atoms with Crippen molar-refractivity contribution in [1.29, 1.82) is 0 Å². The molecule has 3 N–H and O–H groups in total. The molecule has 0 saturated carbocycles. The van der Waals surface area contributed by atoms with Gasteiger partial charge in [0.25, 0.3) is 5.91 Å². The maximum Gasteiger partial charge on any atom is 0.260 e. The van der Waals surface area contributed by atoms with E-state index in [9.17, 15) is 4.79 Å². The lowest BCUT2D eigenvalue weighted by atomic mass is 10.2. The van der Waals surface area contributed by atoms with Gasteiger partial charge in [-0.05, 0) is 24.6 Å². The van der Waals surface area contributed by atoms with Crippen molar-refractivity contribution in [2.45, 2.75) is 19.6 Å². The highest BCUT2D eigenvalue weighted by atomic mass is 16.5. The van der Waals surface area contributed by atoms with E-state index in [0.29, 0.717) is 25.4 Å². The topological polar surface area (TPSA) is 73.6 Å². The average Bonchev–Trinajstić information content (AvgIpc) is 2.39. The zero-order valence-electron chi connectivity index (χ0n) is 10.8. The SMILES string of the molecule is COCCNC(=O)C(C)Oc1cccc(CN)c1. The summed E-state index contributed by atoms with van der Waals surface area (Å²) in [6, 6.07) is 7.40. The van der Waals surface area contributed by atoms with E-state index < -0.39 is 6.10 Å². The number of methoxy groups -OCH3 is 1. The molecule has 0 radical (unpaired) electrons. The Morgan fingerprint density at radius 3 is 2.94 bits per heavy atom. The van der Waals surface area contributed by atoms with E-state index in [1.165, 1.54) is 0 Å². The summed E-state index contributed by atoms with van der Waals surface area (Å²) in [6.45, 7) is 3.12. The minimum atomic E-state index is -0.546. The van der Waals surface area contributed by atoms with Gasteiger partial charge in [-0.3, -0.25) is 4.79 Å². The summed E-state index contributed by atoms with van der Waals surface area (Å²) >= 11 is 0. The quantitative estimate of drug-likeness (QED) is 0.700. The fourth-order valence-electron chi connectivity index (χ4n) is 1.42. The predicted octanol–water partition coefficient (Wildman–Crippen LogP) is 0.675. The van der Waals surface area contributed by atoms with Gasteiger partial charge in [0, 0.05) is 20.2 Å². The second-order valence-electron chi connectivity index (χ2n) is 3.90. The van der Waals surface area contributed by atoms with Gasteiger partial charge in [0.15, 0.2) is 6.10 Å². The van der Waals surface area contributed by atoms with Crippen LogP contribution >= 0.6 is 0 Å². The van der Waals surface area contributed by atoms with Crippen LogP contribution in [0.5, 0.6) is 5.75 Å². The Morgan fingerprint density at radius 1 is 1.50 bits per heavy atom. The molecule has 0 saturated heterocycles. The zero-order chi connectivity index (χ0) is 13.4. The number of hydrogen-bond donors (Lipinski definition) is 2. The van der Waals surface area contributed by atoms with Gasteiger partial charge in [-0.15, -0.1) is 0 Å². The number of benzene rings is 1. The second kappa shape index (κ2) is 7.68. The molecule has 1 unspecified atom stereocenters. The Morgan fingerprint density at radius 2 is 2.28 bits per heavy atom. The molecular weight excluding hydrogens is 232 g/mol. The highest BCUT2D eigenvalue weighted by Crippen LogP contribution is 2.14. The van der Waals surface area contributed by atoms with Crippen molar-refractivity contribution in [3.63, 3.8) is 0 Å². The lowest BCUT2D eigenvalue weighted by Gasteiger charge is -2.15. The number of carbonyl (C=O) groups excluding carboxylic acids is 1. The molecule has 0 fully saturated rings. The highest BCUT2D eigenvalue weighted by molar-refractivity contribution is 5.80. The number of rotatable bonds is 7. The van der Waals surface area contributed by atoms with E-state index in [1.54, 1.807) is 20.1 Å². The third kappa shape index (κ3) is 4.73. The van der Waals surface area contributed by atoms with Crippen LogP contribution in [0.2, 0.25) is 0 Å². The standard InChI is InChI=1S/C13H20N2O3/c1-10(13(16)15-6-7-17-2)18-12-5-3-4-11(8-12)9-14/h3-5,8,10H,6-7,9,14H2,1-2H3,(H,15,16). The van der Waals surface area contributed by atoms with E-state index >= 15 is 0 Å². The lowest BCUT2D eigenvalue weighted by molar-refractivity contribution is -0.127. The van der Waals surface area contributed by atoms with Gasteiger partial charge < -0.3 is 20.5 Å². The Hall–Kier alpha value is -1.59. The highest BCUT2D eigenvalue weighted by Gasteiger charge is 2.13. The summed E-state index contributed by atoms with van der Waals surface area (Å²) in [7, 11) is 1.59. The summed E-state index contributed by atoms with van der Waals surface area (Å²) in [4.78, 5) is 11.7. The van der Waals surface area contributed by atoms with Crippen LogP contribution in [0.1, 0.15) is 12.5 Å². The van der Waals surface area contributed by atoms with Crippen molar-refractivity contribution in [3.05, 3.63) is 29.8 Å². The molecule has 0 aromatic heterocycles. The predicted molar refractivity (Wildman–Crippen MR) is 69.3 cm³/mol. The minimum Gasteiger partial charge on any atom is -0.481 e. The summed E-state index contributed by atoms with van der Waals surface area (Å²) in [5, 5.41) is 2.72. The third-order valence-electron chi connectivity index (χ3n) is 2.42. The van der Waals surface area contributed by atoms with Crippen LogP contribution in [0, 0.1) is 0 Å². The molecule has 1 amide bonds. The second-order valence-corrected chi connectivity index (χ2v) is 3.90. The van der Waals surface area contributed by atoms with Crippen molar-refractivity contribution in [3.8, 4) is 5.75 Å². The minimum absolute atomic E-state index is 0.162. The maximum atomic E-state index is 11.7. The Bertz CT molecular complexity index is 382. The molecule has 1 rings (SSSR count). The molecule has 0 aliphatic heterocycles. The first-order valence-electron chi connectivity index (χ1n) is 5.89. The van der Waals surface area contributed by atoms with Gasteiger partial charge in [-0.25, -0.2) is 0 Å². The van der Waals surface area contributed by atoms with Gasteiger partial charge in [0.1, 0.15) is 5.75 Å². The molecule has 0 aliphatic carbocycles. The van der Waals surface area contributed by atoms with E-state index in [4.69, 9.17) is 15.2 Å². The van der Waals surface area contributed by atoms with Crippen molar-refractivity contribution in [1.82, 2.24) is 5.32 Å². The fraction of sp³-hybridized carbons (Fsp3) is 0.462. The smallest absolute Gasteiger partial charge is 0.260 e. The third-order valence-corrected chi connectivity index (χ3v) is 2.42. The Kier molecular flexibility index (Phi) is 6.18. The molecule has 0 heterocycles. The molecule has 0 aliphatic rings. The van der Waals surface area contributed by atoms with Crippen LogP contribution in [0.25, 0.3) is 0 Å². The Balaban J connectivity index is 2.47. The number of hydrogen-bond acceptors (Lipinski definition) is 4. The van der Waals surface area contributed by atoms with E-state index in [2.05, 4.69) is 5.32 Å². The van der Waals surface area contributed by atoms with Gasteiger partial charge in [0.05, 0.1) is 6.61 Å². The van der Waals surface area contributed by atoms with Crippen molar-refractivity contribution < 1.29 is 14.3 Å². The number of nitrogens with two attached hydrogens (primary N) is 1. The number of carbonyl (C=O) groups is 1. The van der Waals surface area contributed by atoms with Gasteiger partial charge in [0.2, 0.25) is 0 Å². The van der Waals surface area contributed by atoms with E-state index in [-0.39, 0.29) is 5.91 Å². The number of amides is 1. The first-order valence-corrected chi connectivity index (χ1v) is 5.89. The molecule has 0 spiro atoms. The summed E-state index contributed by atoms with van der Waals surface area (Å²) < 4.78 is 10.4. The number of nitrogens with one attached hydrogen (secondary N) is 1. The van der Waals surface area contributed by atoms with Gasteiger partial charge in [-0.1, -0.05) is 12.1 Å². The molecule has 0 bridgehead atoms. The zero-order valence-corrected chi connectivity index (χ0v) is 10.8. The van der Waals surface area contributed by atoms with Crippen LogP contribution < -0.4 is 15.8 Å². The van der Waals surface area contributed by atoms with Crippen LogP contribution in [0.4, 0.5) is 0 Å².